The molecule has 0 fully saturated rings. The van der Waals surface area contributed by atoms with Crippen LogP contribution in [0.25, 0.3) is 0 Å². The monoisotopic (exact) mass is 239 g/mol. The second-order valence-electron chi connectivity index (χ2n) is 3.04. The number of hydrogen-bond acceptors (Lipinski definition) is 5. The highest BCUT2D eigenvalue weighted by atomic mass is 32.2. The van der Waals surface area contributed by atoms with E-state index >= 15 is 0 Å². The Morgan fingerprint density at radius 2 is 1.93 bits per heavy atom. The van der Waals surface area contributed by atoms with E-state index in [1.165, 1.54) is 0 Å². The van der Waals surface area contributed by atoms with Gasteiger partial charge in [0.2, 0.25) is 5.91 Å². The summed E-state index contributed by atoms with van der Waals surface area (Å²) in [4.78, 5) is 21.5. The minimum absolute atomic E-state index is 0.162. The SMILES string of the molecule is CS(=O)(=O)CC(=O)N[C@H](CCO)C(=O)O. The van der Waals surface area contributed by atoms with Gasteiger partial charge >= 0.3 is 5.97 Å². The van der Waals surface area contributed by atoms with Crippen LogP contribution in [-0.2, 0) is 19.4 Å². The Hall–Kier alpha value is -1.15. The lowest BCUT2D eigenvalue weighted by atomic mass is 10.2. The average Bonchev–Trinajstić information content (AvgIpc) is 1.99. The Balaban J connectivity index is 4.30. The third kappa shape index (κ3) is 6.86. The van der Waals surface area contributed by atoms with Crippen molar-refractivity contribution >= 4 is 21.7 Å². The van der Waals surface area contributed by atoms with Crippen LogP contribution in [0.3, 0.4) is 0 Å². The van der Waals surface area contributed by atoms with Crippen molar-refractivity contribution in [1.29, 1.82) is 0 Å². The number of aliphatic hydroxyl groups is 1. The number of carbonyl (C=O) groups excluding carboxylic acids is 1. The summed E-state index contributed by atoms with van der Waals surface area (Å²) in [7, 11) is -3.48. The van der Waals surface area contributed by atoms with E-state index in [2.05, 4.69) is 0 Å². The fourth-order valence-corrected chi connectivity index (χ4v) is 1.42. The molecule has 0 heterocycles. The Morgan fingerprint density at radius 1 is 1.40 bits per heavy atom. The highest BCUT2D eigenvalue weighted by Gasteiger charge is 2.20. The van der Waals surface area contributed by atoms with Gasteiger partial charge in [-0.15, -0.1) is 0 Å². The molecule has 0 rings (SSSR count). The van der Waals surface area contributed by atoms with Crippen molar-refractivity contribution < 1.29 is 28.2 Å². The van der Waals surface area contributed by atoms with Crippen LogP contribution in [0.1, 0.15) is 6.42 Å². The number of amides is 1. The van der Waals surface area contributed by atoms with Crippen LogP contribution in [0.5, 0.6) is 0 Å². The van der Waals surface area contributed by atoms with E-state index in [0.29, 0.717) is 0 Å². The fraction of sp³-hybridized carbons (Fsp3) is 0.714. The average molecular weight is 239 g/mol. The zero-order valence-electron chi connectivity index (χ0n) is 8.13. The molecule has 1 atom stereocenters. The van der Waals surface area contributed by atoms with Gasteiger partial charge in [0.25, 0.3) is 0 Å². The molecule has 1 amide bonds. The van der Waals surface area contributed by atoms with Crippen LogP contribution < -0.4 is 5.32 Å². The minimum Gasteiger partial charge on any atom is -0.480 e. The van der Waals surface area contributed by atoms with Crippen molar-refractivity contribution in [3.8, 4) is 0 Å². The third-order valence-electron chi connectivity index (χ3n) is 1.44. The number of aliphatic hydroxyl groups excluding tert-OH is 1. The highest BCUT2D eigenvalue weighted by Crippen LogP contribution is 1.92. The maximum absolute atomic E-state index is 11.0. The number of hydrogen-bond donors (Lipinski definition) is 3. The summed E-state index contributed by atoms with van der Waals surface area (Å²) >= 11 is 0. The van der Waals surface area contributed by atoms with Crippen molar-refractivity contribution in [3.63, 3.8) is 0 Å². The molecule has 0 aliphatic heterocycles. The molecular weight excluding hydrogens is 226 g/mol. The predicted octanol–water partition coefficient (Wildman–Crippen LogP) is -2.02. The second kappa shape index (κ2) is 5.66. The summed E-state index contributed by atoms with van der Waals surface area (Å²) in [6.07, 6.45) is 0.708. The molecule has 0 bridgehead atoms. The van der Waals surface area contributed by atoms with Gasteiger partial charge in [0, 0.05) is 19.3 Å². The van der Waals surface area contributed by atoms with E-state index in [4.69, 9.17) is 10.2 Å². The number of aliphatic carboxylic acids is 1. The van der Waals surface area contributed by atoms with E-state index in [9.17, 15) is 18.0 Å². The van der Waals surface area contributed by atoms with Gasteiger partial charge in [-0.3, -0.25) is 4.79 Å². The largest absolute Gasteiger partial charge is 0.480 e. The van der Waals surface area contributed by atoms with Gasteiger partial charge in [-0.2, -0.15) is 0 Å². The van der Waals surface area contributed by atoms with Gasteiger partial charge in [-0.1, -0.05) is 0 Å². The first-order chi connectivity index (χ1) is 6.76. The van der Waals surface area contributed by atoms with Crippen LogP contribution in [0.2, 0.25) is 0 Å². The number of sulfone groups is 1. The topological polar surface area (TPSA) is 121 Å². The first kappa shape index (κ1) is 13.8. The molecule has 8 heteroatoms. The summed E-state index contributed by atoms with van der Waals surface area (Å²) < 4.78 is 21.4. The van der Waals surface area contributed by atoms with E-state index < -0.39 is 40.1 Å². The van der Waals surface area contributed by atoms with E-state index in [1.54, 1.807) is 0 Å². The Morgan fingerprint density at radius 3 is 2.27 bits per heavy atom. The normalized spacial score (nSPS) is 13.2. The summed E-state index contributed by atoms with van der Waals surface area (Å²) in [5.74, 6) is -2.97. The fourth-order valence-electron chi connectivity index (χ4n) is 0.861. The molecule has 0 aromatic carbocycles. The van der Waals surface area contributed by atoms with Gasteiger partial charge < -0.3 is 15.5 Å². The third-order valence-corrected chi connectivity index (χ3v) is 2.23. The van der Waals surface area contributed by atoms with Crippen molar-refractivity contribution in [2.75, 3.05) is 18.6 Å². The van der Waals surface area contributed by atoms with E-state index in [1.807, 2.05) is 5.32 Å². The molecule has 0 aliphatic carbocycles. The molecule has 0 aliphatic rings. The lowest BCUT2D eigenvalue weighted by Crippen LogP contribution is -2.43. The van der Waals surface area contributed by atoms with Crippen molar-refractivity contribution in [3.05, 3.63) is 0 Å². The number of carboxylic acid groups (broad SMARTS) is 1. The molecule has 7 nitrogen and oxygen atoms in total. The minimum atomic E-state index is -3.48. The number of nitrogens with one attached hydrogen (secondary N) is 1. The summed E-state index contributed by atoms with van der Waals surface area (Å²) in [6.45, 7) is -0.407. The zero-order valence-corrected chi connectivity index (χ0v) is 8.95. The molecule has 0 saturated carbocycles. The number of carbonyl (C=O) groups is 2. The van der Waals surface area contributed by atoms with Gasteiger partial charge in [0.15, 0.2) is 9.84 Å². The molecule has 0 unspecified atom stereocenters. The van der Waals surface area contributed by atoms with Crippen LogP contribution in [0, 0.1) is 0 Å². The molecule has 0 aromatic rings. The molecule has 0 radical (unpaired) electrons. The Labute approximate surface area is 87.0 Å². The molecular formula is C7H13NO6S. The van der Waals surface area contributed by atoms with Gasteiger partial charge in [0.05, 0.1) is 0 Å². The van der Waals surface area contributed by atoms with E-state index in [0.717, 1.165) is 6.26 Å². The van der Waals surface area contributed by atoms with Crippen LogP contribution in [0.4, 0.5) is 0 Å². The number of rotatable bonds is 6. The first-order valence-electron chi connectivity index (χ1n) is 4.07. The number of carboxylic acids is 1. The lowest BCUT2D eigenvalue weighted by molar-refractivity contribution is -0.141. The molecule has 88 valence electrons. The molecule has 0 aromatic heterocycles. The summed E-state index contributed by atoms with van der Waals surface area (Å²) in [6, 6.07) is -1.26. The maximum atomic E-state index is 11.0. The van der Waals surface area contributed by atoms with Gasteiger partial charge in [0.1, 0.15) is 11.8 Å². The van der Waals surface area contributed by atoms with E-state index in [-0.39, 0.29) is 6.42 Å². The molecule has 3 N–H and O–H groups in total. The molecule has 0 saturated heterocycles. The van der Waals surface area contributed by atoms with Crippen molar-refractivity contribution in [1.82, 2.24) is 5.32 Å². The van der Waals surface area contributed by atoms with Crippen LogP contribution in [0.15, 0.2) is 0 Å². The Bertz CT molecular complexity index is 335. The zero-order chi connectivity index (χ0) is 12.1. The van der Waals surface area contributed by atoms with Crippen LogP contribution in [-0.4, -0.2) is 55.2 Å². The Kier molecular flexibility index (Phi) is 5.23. The molecule has 0 spiro atoms. The second-order valence-corrected chi connectivity index (χ2v) is 5.18. The summed E-state index contributed by atoms with van der Waals surface area (Å²) in [5, 5.41) is 19.1. The van der Waals surface area contributed by atoms with Gasteiger partial charge in [-0.05, 0) is 0 Å². The smallest absolute Gasteiger partial charge is 0.326 e. The summed E-state index contributed by atoms with van der Waals surface area (Å²) in [5.41, 5.74) is 0. The standard InChI is InChI=1S/C7H13NO6S/c1-15(13,14)4-6(10)8-5(2-3-9)7(11)12/h5,9H,2-4H2,1H3,(H,8,10)(H,11,12)/t5-/m1/s1. The highest BCUT2D eigenvalue weighted by molar-refractivity contribution is 7.91. The lowest BCUT2D eigenvalue weighted by Gasteiger charge is -2.12. The maximum Gasteiger partial charge on any atom is 0.326 e. The van der Waals surface area contributed by atoms with Crippen molar-refractivity contribution in [2.24, 2.45) is 0 Å². The predicted molar refractivity (Wildman–Crippen MR) is 51.0 cm³/mol. The van der Waals surface area contributed by atoms with Crippen molar-refractivity contribution in [2.45, 2.75) is 12.5 Å². The quantitative estimate of drug-likeness (QED) is 0.492. The van der Waals surface area contributed by atoms with Crippen LogP contribution >= 0.6 is 0 Å². The first-order valence-corrected chi connectivity index (χ1v) is 6.13. The van der Waals surface area contributed by atoms with Gasteiger partial charge in [-0.25, -0.2) is 13.2 Å². The molecule has 15 heavy (non-hydrogen) atoms.